The van der Waals surface area contributed by atoms with Crippen molar-refractivity contribution in [3.05, 3.63) is 70.1 Å². The Kier molecular flexibility index (Phi) is 7.10. The van der Waals surface area contributed by atoms with Crippen molar-refractivity contribution in [2.45, 2.75) is 18.8 Å². The fourth-order valence-electron chi connectivity index (χ4n) is 4.63. The van der Waals surface area contributed by atoms with Gasteiger partial charge in [0.25, 0.3) is 11.8 Å². The third kappa shape index (κ3) is 4.97. The van der Waals surface area contributed by atoms with Gasteiger partial charge in [0, 0.05) is 49.1 Å². The van der Waals surface area contributed by atoms with Gasteiger partial charge in [-0.05, 0) is 31.0 Å². The normalized spacial score (nSPS) is 13.9. The first-order chi connectivity index (χ1) is 18.4. The Morgan fingerprint density at radius 1 is 1.05 bits per heavy atom. The summed E-state index contributed by atoms with van der Waals surface area (Å²) in [6.07, 6.45) is 3.13. The number of piperidine rings is 1. The second-order valence-electron chi connectivity index (χ2n) is 9.03. The van der Waals surface area contributed by atoms with Crippen molar-refractivity contribution in [2.24, 2.45) is 7.05 Å². The van der Waals surface area contributed by atoms with E-state index < -0.39 is 5.97 Å². The third-order valence-electron chi connectivity index (χ3n) is 6.66. The number of hydrogen-bond acceptors (Lipinski definition) is 8. The molecule has 1 fully saturated rings. The van der Waals surface area contributed by atoms with Crippen molar-refractivity contribution < 1.29 is 23.9 Å². The number of hydrogen-bond donors (Lipinski definition) is 1. The maximum absolute atomic E-state index is 13.2. The molecule has 0 atom stereocenters. The third-order valence-corrected chi connectivity index (χ3v) is 7.67. The number of nitrogens with one attached hydrogen (secondary N) is 1. The summed E-state index contributed by atoms with van der Waals surface area (Å²) in [6.45, 7) is 1.14. The Morgan fingerprint density at radius 2 is 1.82 bits per heavy atom. The highest BCUT2D eigenvalue weighted by molar-refractivity contribution is 7.10. The lowest BCUT2D eigenvalue weighted by atomic mass is 9.97. The van der Waals surface area contributed by atoms with Gasteiger partial charge >= 0.3 is 5.97 Å². The highest BCUT2D eigenvalue weighted by Gasteiger charge is 2.28. The molecule has 0 unspecified atom stereocenters. The van der Waals surface area contributed by atoms with Crippen molar-refractivity contribution in [3.8, 4) is 5.75 Å². The molecule has 1 aliphatic rings. The SMILES string of the molecule is COC(=O)c1cc(NC(=O)c2csc(C3CCN(C(=O)c4cc(OC)c5ccccc5n4)CC3)n2)cn1C. The van der Waals surface area contributed by atoms with Gasteiger partial charge in [0.2, 0.25) is 0 Å². The van der Waals surface area contributed by atoms with Gasteiger partial charge in [-0.1, -0.05) is 12.1 Å². The summed E-state index contributed by atoms with van der Waals surface area (Å²) >= 11 is 1.44. The van der Waals surface area contributed by atoms with Crippen LogP contribution in [-0.2, 0) is 11.8 Å². The minimum atomic E-state index is -0.482. The summed E-state index contributed by atoms with van der Waals surface area (Å²) in [6, 6.07) is 10.8. The maximum Gasteiger partial charge on any atom is 0.354 e. The lowest BCUT2D eigenvalue weighted by Gasteiger charge is -2.31. The molecule has 196 valence electrons. The lowest BCUT2D eigenvalue weighted by molar-refractivity contribution is 0.0589. The molecular weight excluding hydrogens is 506 g/mol. The van der Waals surface area contributed by atoms with E-state index >= 15 is 0 Å². The molecule has 10 nitrogen and oxygen atoms in total. The zero-order valence-corrected chi connectivity index (χ0v) is 22.1. The number of carbonyl (C=O) groups excluding carboxylic acids is 3. The van der Waals surface area contributed by atoms with E-state index in [2.05, 4.69) is 15.3 Å². The van der Waals surface area contributed by atoms with Gasteiger partial charge in [-0.15, -0.1) is 11.3 Å². The molecule has 5 rings (SSSR count). The number of para-hydroxylation sites is 1. The first kappa shape index (κ1) is 25.4. The Labute approximate surface area is 223 Å². The molecule has 1 N–H and O–H groups in total. The number of esters is 1. The van der Waals surface area contributed by atoms with Crippen LogP contribution in [0.5, 0.6) is 5.75 Å². The Hall–Kier alpha value is -4.25. The number of rotatable bonds is 6. The molecule has 1 saturated heterocycles. The number of thiazole rings is 1. The van der Waals surface area contributed by atoms with Crippen LogP contribution in [0, 0.1) is 0 Å². The van der Waals surface area contributed by atoms with Crippen LogP contribution in [0.2, 0.25) is 0 Å². The molecule has 38 heavy (non-hydrogen) atoms. The standard InChI is InChI=1S/C27H27N5O5S/c1-31-14-17(12-22(31)27(35)37-3)28-24(33)21-15-38-25(30-21)16-8-10-32(11-9-16)26(34)20-13-23(36-2)18-6-4-5-7-19(18)29-20/h4-7,12-16H,8-11H2,1-3H3,(H,28,33). The van der Waals surface area contributed by atoms with Crippen LogP contribution < -0.4 is 10.1 Å². The van der Waals surface area contributed by atoms with Crippen LogP contribution in [0.3, 0.4) is 0 Å². The predicted molar refractivity (Wildman–Crippen MR) is 143 cm³/mol. The maximum atomic E-state index is 13.2. The van der Waals surface area contributed by atoms with E-state index in [1.54, 1.807) is 42.4 Å². The van der Waals surface area contributed by atoms with Gasteiger partial charge in [0.15, 0.2) is 0 Å². The monoisotopic (exact) mass is 533 g/mol. The molecule has 3 aromatic heterocycles. The van der Waals surface area contributed by atoms with Crippen molar-refractivity contribution >= 4 is 45.7 Å². The second kappa shape index (κ2) is 10.6. The average molecular weight is 534 g/mol. The highest BCUT2D eigenvalue weighted by Crippen LogP contribution is 2.32. The largest absolute Gasteiger partial charge is 0.496 e. The summed E-state index contributed by atoms with van der Waals surface area (Å²) in [5, 5.41) is 6.25. The quantitative estimate of drug-likeness (QED) is 0.371. The van der Waals surface area contributed by atoms with E-state index in [1.807, 2.05) is 29.2 Å². The van der Waals surface area contributed by atoms with E-state index in [0.29, 0.717) is 41.6 Å². The van der Waals surface area contributed by atoms with Gasteiger partial charge in [-0.3, -0.25) is 9.59 Å². The molecule has 0 spiro atoms. The van der Waals surface area contributed by atoms with E-state index in [-0.39, 0.29) is 17.7 Å². The van der Waals surface area contributed by atoms with E-state index in [1.165, 1.54) is 18.4 Å². The van der Waals surface area contributed by atoms with Crippen LogP contribution in [0.15, 0.2) is 48.0 Å². The van der Waals surface area contributed by atoms with Crippen molar-refractivity contribution in [1.82, 2.24) is 19.4 Å². The molecule has 0 saturated carbocycles. The van der Waals surface area contributed by atoms with Crippen LogP contribution >= 0.6 is 11.3 Å². The lowest BCUT2D eigenvalue weighted by Crippen LogP contribution is -2.38. The summed E-state index contributed by atoms with van der Waals surface area (Å²) in [5.74, 6) is -0.171. The first-order valence-electron chi connectivity index (χ1n) is 12.1. The van der Waals surface area contributed by atoms with E-state index in [4.69, 9.17) is 9.47 Å². The molecule has 0 bridgehead atoms. The van der Waals surface area contributed by atoms with Gasteiger partial charge in [0.1, 0.15) is 22.8 Å². The van der Waals surface area contributed by atoms with Gasteiger partial charge in [-0.25, -0.2) is 14.8 Å². The summed E-state index contributed by atoms with van der Waals surface area (Å²) in [5.41, 5.74) is 2.22. The number of methoxy groups -OCH3 is 2. The summed E-state index contributed by atoms with van der Waals surface area (Å²) < 4.78 is 11.8. The molecule has 1 aromatic carbocycles. The van der Waals surface area contributed by atoms with Gasteiger partial charge in [0.05, 0.1) is 30.4 Å². The van der Waals surface area contributed by atoms with Crippen LogP contribution in [-0.4, -0.2) is 64.5 Å². The Balaban J connectivity index is 1.22. The Bertz CT molecular complexity index is 1520. The summed E-state index contributed by atoms with van der Waals surface area (Å²) in [7, 11) is 4.60. The number of nitrogens with zero attached hydrogens (tertiary/aromatic N) is 4. The zero-order chi connectivity index (χ0) is 26.8. The number of likely N-dealkylation sites (tertiary alicyclic amines) is 1. The molecule has 2 amide bonds. The zero-order valence-electron chi connectivity index (χ0n) is 21.3. The minimum Gasteiger partial charge on any atom is -0.496 e. The number of anilines is 1. The van der Waals surface area contributed by atoms with Crippen molar-refractivity contribution in [1.29, 1.82) is 0 Å². The number of fused-ring (bicyclic) bond motifs is 1. The van der Waals surface area contributed by atoms with Gasteiger partial charge < -0.3 is 24.3 Å². The molecule has 0 aliphatic carbocycles. The average Bonchev–Trinajstić information content (AvgIpc) is 3.58. The van der Waals surface area contributed by atoms with Crippen LogP contribution in [0.4, 0.5) is 5.69 Å². The molecule has 4 heterocycles. The predicted octanol–water partition coefficient (Wildman–Crippen LogP) is 4.10. The topological polar surface area (TPSA) is 116 Å². The van der Waals surface area contributed by atoms with Crippen LogP contribution in [0.25, 0.3) is 10.9 Å². The van der Waals surface area contributed by atoms with E-state index in [0.717, 1.165) is 28.8 Å². The minimum absolute atomic E-state index is 0.124. The highest BCUT2D eigenvalue weighted by atomic mass is 32.1. The Morgan fingerprint density at radius 3 is 2.55 bits per heavy atom. The smallest absolute Gasteiger partial charge is 0.354 e. The fourth-order valence-corrected chi connectivity index (χ4v) is 5.60. The van der Waals surface area contributed by atoms with Crippen molar-refractivity contribution in [2.75, 3.05) is 32.6 Å². The van der Waals surface area contributed by atoms with Gasteiger partial charge in [-0.2, -0.15) is 0 Å². The molecule has 1 aliphatic heterocycles. The number of benzene rings is 1. The number of carbonyl (C=O) groups is 3. The molecule has 4 aromatic rings. The van der Waals surface area contributed by atoms with Crippen molar-refractivity contribution in [3.63, 3.8) is 0 Å². The number of ether oxygens (including phenoxy) is 2. The number of aromatic nitrogens is 3. The first-order valence-corrected chi connectivity index (χ1v) is 13.0. The molecular formula is C27H27N5O5S. The number of pyridine rings is 1. The molecule has 11 heteroatoms. The number of aryl methyl sites for hydroxylation is 1. The van der Waals surface area contributed by atoms with Crippen LogP contribution in [0.1, 0.15) is 55.2 Å². The number of amides is 2. The molecule has 0 radical (unpaired) electrons. The van der Waals surface area contributed by atoms with E-state index in [9.17, 15) is 14.4 Å². The summed E-state index contributed by atoms with van der Waals surface area (Å²) in [4.78, 5) is 48.7. The second-order valence-corrected chi connectivity index (χ2v) is 9.92. The fraction of sp³-hybridized carbons (Fsp3) is 0.296.